The number of alkyl halides is 3. The molecule has 2 N–H and O–H groups in total. The summed E-state index contributed by atoms with van der Waals surface area (Å²) in [4.78, 5) is 37.3. The summed E-state index contributed by atoms with van der Waals surface area (Å²) in [6.07, 6.45) is -3.65. The van der Waals surface area contributed by atoms with E-state index in [1.165, 1.54) is 0 Å². The minimum Gasteiger partial charge on any atom is -0.489 e. The van der Waals surface area contributed by atoms with E-state index in [-0.39, 0.29) is 17.1 Å². The van der Waals surface area contributed by atoms with Crippen molar-refractivity contribution in [2.24, 2.45) is 0 Å². The zero-order valence-corrected chi connectivity index (χ0v) is 41.0. The largest absolute Gasteiger partial charge is 0.489 e. The van der Waals surface area contributed by atoms with Crippen molar-refractivity contribution in [1.82, 2.24) is 24.1 Å². The van der Waals surface area contributed by atoms with Gasteiger partial charge in [0, 0.05) is 32.5 Å². The molecule has 3 heterocycles. The number of hydrogen-bond acceptors (Lipinski definition) is 7. The highest BCUT2D eigenvalue weighted by Gasteiger charge is 2.32. The number of ether oxygens (including phenoxy) is 2. The molecule has 9 aromatic rings. The first-order chi connectivity index (χ1) is 34.5. The van der Waals surface area contributed by atoms with Crippen LogP contribution < -0.4 is 14.8 Å². The van der Waals surface area contributed by atoms with Crippen molar-refractivity contribution in [3.05, 3.63) is 224 Å². The lowest BCUT2D eigenvalue weighted by Gasteiger charge is -2.13. The van der Waals surface area contributed by atoms with Gasteiger partial charge in [0.15, 0.2) is 11.4 Å². The molecule has 3 aromatic heterocycles. The summed E-state index contributed by atoms with van der Waals surface area (Å²) in [7, 11) is 0. The van der Waals surface area contributed by atoms with Gasteiger partial charge in [-0.25, -0.2) is 19.7 Å². The standard InChI is InChI=1S/C30H21Cl2F3N4O2.C24H18Cl2N2O3/c1-18-27(29(40)37-21-8-14-26(36-16-21)30(33,34)35)38-28(24-13-7-20(31)15-25(24)32)39(18)22-9-11-23(12-10-22)41-17-19-5-3-2-4-6-19;1-15-22(24(29)30)27-23(20-12-7-17(25)13-21(20)26)28(15)18-8-10-19(11-9-18)31-14-16-5-3-2-4-6-16/h2-16H,17H2,1H3,(H,37,40);2-13H,14H2,1H3,(H,29,30). The van der Waals surface area contributed by atoms with Crippen LogP contribution in [0, 0.1) is 13.8 Å². The van der Waals surface area contributed by atoms with Crippen molar-refractivity contribution in [3.8, 4) is 45.6 Å². The molecule has 0 saturated heterocycles. The molecular formula is C54H39Cl4F3N6O5. The Kier molecular flexibility index (Phi) is 15.7. The molecular weight excluding hydrogens is 1010 g/mol. The molecule has 0 bridgehead atoms. The second-order valence-corrected chi connectivity index (χ2v) is 17.6. The number of carboxylic acid groups (broad SMARTS) is 1. The normalized spacial score (nSPS) is 11.1. The van der Waals surface area contributed by atoms with E-state index >= 15 is 0 Å². The molecule has 364 valence electrons. The average molecular weight is 1050 g/mol. The summed E-state index contributed by atoms with van der Waals surface area (Å²) in [5.74, 6) is 0.416. The highest BCUT2D eigenvalue weighted by Crippen LogP contribution is 2.36. The van der Waals surface area contributed by atoms with Gasteiger partial charge in [-0.3, -0.25) is 13.9 Å². The number of benzene rings is 6. The first kappa shape index (κ1) is 50.8. The third-order valence-corrected chi connectivity index (χ3v) is 12.1. The highest BCUT2D eigenvalue weighted by molar-refractivity contribution is 6.37. The van der Waals surface area contributed by atoms with Gasteiger partial charge in [-0.05, 0) is 122 Å². The molecule has 0 spiro atoms. The summed E-state index contributed by atoms with van der Waals surface area (Å²) in [6.45, 7) is 4.28. The number of hydrogen-bond donors (Lipinski definition) is 2. The third-order valence-electron chi connectivity index (χ3n) is 11.0. The molecule has 0 aliphatic carbocycles. The number of pyridine rings is 1. The Hall–Kier alpha value is -7.62. The maximum atomic E-state index is 13.2. The molecule has 0 unspecified atom stereocenters. The zero-order chi connectivity index (χ0) is 51.1. The number of aromatic carboxylic acids is 1. The summed E-state index contributed by atoms with van der Waals surface area (Å²) in [5.41, 5.74) is 4.64. The number of imidazole rings is 2. The van der Waals surface area contributed by atoms with Crippen LogP contribution in [0.4, 0.5) is 18.9 Å². The smallest absolute Gasteiger partial charge is 0.433 e. The van der Waals surface area contributed by atoms with Crippen molar-refractivity contribution in [3.63, 3.8) is 0 Å². The van der Waals surface area contributed by atoms with E-state index < -0.39 is 23.7 Å². The van der Waals surface area contributed by atoms with Crippen molar-refractivity contribution in [1.29, 1.82) is 0 Å². The lowest BCUT2D eigenvalue weighted by Crippen LogP contribution is -2.15. The van der Waals surface area contributed by atoms with Crippen LogP contribution in [0.2, 0.25) is 20.1 Å². The van der Waals surface area contributed by atoms with Gasteiger partial charge < -0.3 is 19.9 Å². The topological polar surface area (TPSA) is 133 Å². The molecule has 18 heteroatoms. The monoisotopic (exact) mass is 1050 g/mol. The molecule has 0 aliphatic rings. The summed E-state index contributed by atoms with van der Waals surface area (Å²) < 4.78 is 53.9. The molecule has 0 atom stereocenters. The Morgan fingerprint density at radius 1 is 0.597 bits per heavy atom. The van der Waals surface area contributed by atoms with E-state index in [1.807, 2.05) is 97.1 Å². The molecule has 11 nitrogen and oxygen atoms in total. The second kappa shape index (κ2) is 22.2. The highest BCUT2D eigenvalue weighted by atomic mass is 35.5. The van der Waals surface area contributed by atoms with Crippen molar-refractivity contribution in [2.75, 3.05) is 5.32 Å². The lowest BCUT2D eigenvalue weighted by atomic mass is 10.2. The Morgan fingerprint density at radius 3 is 1.44 bits per heavy atom. The van der Waals surface area contributed by atoms with Crippen LogP contribution in [0.3, 0.4) is 0 Å². The van der Waals surface area contributed by atoms with Crippen LogP contribution in [0.15, 0.2) is 164 Å². The minimum atomic E-state index is -4.59. The Bertz CT molecular complexity index is 3370. The van der Waals surface area contributed by atoms with E-state index in [2.05, 4.69) is 20.3 Å². The van der Waals surface area contributed by atoms with Gasteiger partial charge in [-0.15, -0.1) is 0 Å². The fourth-order valence-corrected chi connectivity index (χ4v) is 8.43. The number of carbonyl (C=O) groups is 2. The quantitative estimate of drug-likeness (QED) is 0.117. The maximum Gasteiger partial charge on any atom is 0.433 e. The first-order valence-electron chi connectivity index (χ1n) is 21.8. The molecule has 0 fully saturated rings. The molecule has 9 rings (SSSR count). The summed E-state index contributed by atoms with van der Waals surface area (Å²) in [6, 6.07) is 46.2. The maximum absolute atomic E-state index is 13.2. The van der Waals surface area contributed by atoms with Crippen LogP contribution in [-0.4, -0.2) is 41.1 Å². The van der Waals surface area contributed by atoms with Gasteiger partial charge >= 0.3 is 12.1 Å². The zero-order valence-electron chi connectivity index (χ0n) is 38.0. The molecule has 6 aromatic carbocycles. The number of nitrogens with one attached hydrogen (secondary N) is 1. The first-order valence-corrected chi connectivity index (χ1v) is 23.3. The SMILES string of the molecule is Cc1c(C(=O)Nc2ccc(C(F)(F)F)nc2)nc(-c2ccc(Cl)cc2Cl)n1-c1ccc(OCc2ccccc2)cc1.Cc1c(C(=O)O)nc(-c2ccc(Cl)cc2Cl)n1-c1ccc(OCc2ccccc2)cc1. The molecule has 72 heavy (non-hydrogen) atoms. The van der Waals surface area contributed by atoms with Crippen LogP contribution in [-0.2, 0) is 19.4 Å². The Labute approximate surface area is 431 Å². The molecule has 1 amide bonds. The van der Waals surface area contributed by atoms with Crippen LogP contribution in [0.25, 0.3) is 34.2 Å². The summed E-state index contributed by atoms with van der Waals surface area (Å²) in [5, 5.41) is 13.8. The van der Waals surface area contributed by atoms with Crippen molar-refractivity contribution in [2.45, 2.75) is 33.2 Å². The average Bonchev–Trinajstić information content (AvgIpc) is 3.90. The Morgan fingerprint density at radius 2 is 1.04 bits per heavy atom. The number of halogens is 7. The van der Waals surface area contributed by atoms with Gasteiger partial charge in [0.1, 0.15) is 42.1 Å². The number of aromatic nitrogens is 5. The Balaban J connectivity index is 0.000000200. The van der Waals surface area contributed by atoms with E-state index in [1.54, 1.807) is 71.5 Å². The number of anilines is 1. The number of carbonyl (C=O) groups excluding carboxylic acids is 1. The number of amides is 1. The van der Waals surface area contributed by atoms with Crippen LogP contribution in [0.5, 0.6) is 11.5 Å². The number of carboxylic acids is 1. The van der Waals surface area contributed by atoms with Gasteiger partial charge in [-0.2, -0.15) is 13.2 Å². The fourth-order valence-electron chi connectivity index (χ4n) is 7.45. The minimum absolute atomic E-state index is 0.0366. The second-order valence-electron chi connectivity index (χ2n) is 15.9. The molecule has 0 radical (unpaired) electrons. The lowest BCUT2D eigenvalue weighted by molar-refractivity contribution is -0.141. The van der Waals surface area contributed by atoms with Crippen molar-refractivity contribution >= 4 is 64.0 Å². The van der Waals surface area contributed by atoms with E-state index in [9.17, 15) is 27.9 Å². The summed E-state index contributed by atoms with van der Waals surface area (Å²) >= 11 is 25.0. The van der Waals surface area contributed by atoms with Gasteiger partial charge in [0.2, 0.25) is 0 Å². The fraction of sp³-hybridized carbons (Fsp3) is 0.0926. The molecule has 0 saturated carbocycles. The predicted molar refractivity (Wildman–Crippen MR) is 273 cm³/mol. The van der Waals surface area contributed by atoms with E-state index in [4.69, 9.17) is 55.9 Å². The van der Waals surface area contributed by atoms with Crippen LogP contribution >= 0.6 is 46.4 Å². The van der Waals surface area contributed by atoms with Gasteiger partial charge in [0.25, 0.3) is 5.91 Å². The van der Waals surface area contributed by atoms with Crippen LogP contribution in [0.1, 0.15) is 49.2 Å². The number of rotatable bonds is 13. The van der Waals surface area contributed by atoms with E-state index in [0.717, 1.165) is 35.1 Å². The molecule has 0 aliphatic heterocycles. The van der Waals surface area contributed by atoms with Crippen molar-refractivity contribution < 1.29 is 37.3 Å². The van der Waals surface area contributed by atoms with E-state index in [0.29, 0.717) is 84.7 Å². The van der Waals surface area contributed by atoms with Gasteiger partial charge in [0.05, 0.1) is 33.3 Å². The third kappa shape index (κ3) is 11.9. The predicted octanol–water partition coefficient (Wildman–Crippen LogP) is 14.8. The number of nitrogens with zero attached hydrogens (tertiary/aromatic N) is 5. The van der Waals surface area contributed by atoms with Gasteiger partial charge in [-0.1, -0.05) is 107 Å².